The van der Waals surface area contributed by atoms with Crippen LogP contribution >= 0.6 is 22.9 Å². The normalized spacial score (nSPS) is 11.6. The first-order chi connectivity index (χ1) is 8.36. The number of nitrogens with two attached hydrogens (primary N) is 1. The van der Waals surface area contributed by atoms with E-state index in [0.717, 1.165) is 16.5 Å². The molecule has 2 aromatic rings. The summed E-state index contributed by atoms with van der Waals surface area (Å²) < 4.78 is 0. The number of halogens is 1. The van der Waals surface area contributed by atoms with E-state index in [-0.39, 0.29) is 5.41 Å². The van der Waals surface area contributed by atoms with Crippen LogP contribution in [0.4, 0.5) is 16.5 Å². The fraction of sp³-hybridized carbons (Fsp3) is 0.308. The number of rotatable bonds is 2. The predicted octanol–water partition coefficient (Wildman–Crippen LogP) is 4.42. The number of thiazole rings is 1. The van der Waals surface area contributed by atoms with E-state index in [9.17, 15) is 0 Å². The zero-order valence-electron chi connectivity index (χ0n) is 10.6. The van der Waals surface area contributed by atoms with Gasteiger partial charge in [0, 0.05) is 16.5 Å². The highest BCUT2D eigenvalue weighted by atomic mass is 35.5. The van der Waals surface area contributed by atoms with Gasteiger partial charge >= 0.3 is 0 Å². The van der Waals surface area contributed by atoms with Gasteiger partial charge in [0.1, 0.15) is 0 Å². The molecule has 0 bridgehead atoms. The number of nitrogen functional groups attached to an aromatic ring is 1. The molecule has 0 atom stereocenters. The number of hydrogen-bond acceptors (Lipinski definition) is 4. The lowest BCUT2D eigenvalue weighted by atomic mass is 9.93. The maximum atomic E-state index is 5.88. The summed E-state index contributed by atoms with van der Waals surface area (Å²) in [4.78, 5) is 4.56. The van der Waals surface area contributed by atoms with Gasteiger partial charge in [-0.2, -0.15) is 0 Å². The van der Waals surface area contributed by atoms with Crippen molar-refractivity contribution in [1.82, 2.24) is 4.98 Å². The minimum absolute atomic E-state index is 0.0649. The molecular formula is C13H16ClN3S. The molecule has 0 unspecified atom stereocenters. The van der Waals surface area contributed by atoms with Crippen LogP contribution in [0.5, 0.6) is 0 Å². The molecule has 5 heteroatoms. The second-order valence-electron chi connectivity index (χ2n) is 5.15. The molecule has 0 aliphatic carbocycles. The van der Waals surface area contributed by atoms with E-state index in [1.807, 2.05) is 6.07 Å². The largest absolute Gasteiger partial charge is 0.397 e. The minimum atomic E-state index is 0.0649. The van der Waals surface area contributed by atoms with E-state index in [1.54, 1.807) is 23.5 Å². The van der Waals surface area contributed by atoms with Crippen LogP contribution in [0.1, 0.15) is 26.5 Å². The van der Waals surface area contributed by atoms with Crippen molar-refractivity contribution in [3.63, 3.8) is 0 Å². The maximum Gasteiger partial charge on any atom is 0.187 e. The van der Waals surface area contributed by atoms with Crippen LogP contribution in [-0.2, 0) is 5.41 Å². The van der Waals surface area contributed by atoms with E-state index < -0.39 is 0 Å². The van der Waals surface area contributed by atoms with Crippen LogP contribution < -0.4 is 11.1 Å². The summed E-state index contributed by atoms with van der Waals surface area (Å²) in [7, 11) is 0. The Morgan fingerprint density at radius 3 is 2.61 bits per heavy atom. The Morgan fingerprint density at radius 1 is 1.33 bits per heavy atom. The lowest BCUT2D eigenvalue weighted by molar-refractivity contribution is 0.573. The first kappa shape index (κ1) is 13.2. The van der Waals surface area contributed by atoms with Crippen molar-refractivity contribution in [3.05, 3.63) is 34.3 Å². The highest BCUT2D eigenvalue weighted by Crippen LogP contribution is 2.29. The van der Waals surface area contributed by atoms with Crippen molar-refractivity contribution < 1.29 is 0 Å². The molecular weight excluding hydrogens is 266 g/mol. The molecule has 1 aromatic carbocycles. The van der Waals surface area contributed by atoms with Gasteiger partial charge in [-0.1, -0.05) is 32.4 Å². The number of benzene rings is 1. The molecule has 3 N–H and O–H groups in total. The van der Waals surface area contributed by atoms with Gasteiger partial charge in [0.15, 0.2) is 5.13 Å². The highest BCUT2D eigenvalue weighted by Gasteiger charge is 2.17. The second kappa shape index (κ2) is 4.78. The minimum Gasteiger partial charge on any atom is -0.397 e. The van der Waals surface area contributed by atoms with Gasteiger partial charge in [-0.05, 0) is 18.2 Å². The van der Waals surface area contributed by atoms with Crippen molar-refractivity contribution in [2.75, 3.05) is 11.1 Å². The fourth-order valence-corrected chi connectivity index (χ4v) is 2.50. The number of nitrogens with zero attached hydrogens (tertiary/aromatic N) is 1. The molecule has 0 spiro atoms. The quantitative estimate of drug-likeness (QED) is 0.801. The Morgan fingerprint density at radius 2 is 2.06 bits per heavy atom. The monoisotopic (exact) mass is 281 g/mol. The number of anilines is 3. The van der Waals surface area contributed by atoms with Gasteiger partial charge in [-0.25, -0.2) is 4.98 Å². The van der Waals surface area contributed by atoms with Gasteiger partial charge in [-0.3, -0.25) is 0 Å². The van der Waals surface area contributed by atoms with Gasteiger partial charge in [-0.15, -0.1) is 11.3 Å². The molecule has 0 aliphatic heterocycles. The van der Waals surface area contributed by atoms with Gasteiger partial charge in [0.25, 0.3) is 0 Å². The molecule has 0 fully saturated rings. The summed E-state index contributed by atoms with van der Waals surface area (Å²) in [6.45, 7) is 6.43. The van der Waals surface area contributed by atoms with E-state index in [2.05, 4.69) is 36.5 Å². The van der Waals surface area contributed by atoms with Crippen molar-refractivity contribution in [1.29, 1.82) is 0 Å². The SMILES string of the molecule is CC(C)(C)c1csc(Nc2ccc(Cl)c(N)c2)n1. The van der Waals surface area contributed by atoms with E-state index >= 15 is 0 Å². The van der Waals surface area contributed by atoms with Gasteiger partial charge < -0.3 is 11.1 Å². The summed E-state index contributed by atoms with van der Waals surface area (Å²) in [6, 6.07) is 5.47. The zero-order chi connectivity index (χ0) is 13.3. The molecule has 1 aromatic heterocycles. The van der Waals surface area contributed by atoms with Crippen LogP contribution in [0.2, 0.25) is 5.02 Å². The molecule has 0 amide bonds. The molecule has 2 rings (SSSR count). The molecule has 0 radical (unpaired) electrons. The summed E-state index contributed by atoms with van der Waals surface area (Å²) in [6.07, 6.45) is 0. The van der Waals surface area contributed by atoms with Crippen LogP contribution in [-0.4, -0.2) is 4.98 Å². The Hall–Kier alpha value is -1.26. The topological polar surface area (TPSA) is 50.9 Å². The van der Waals surface area contributed by atoms with Crippen molar-refractivity contribution in [2.24, 2.45) is 0 Å². The predicted molar refractivity (Wildman–Crippen MR) is 80.0 cm³/mol. The summed E-state index contributed by atoms with van der Waals surface area (Å²) >= 11 is 7.47. The van der Waals surface area contributed by atoms with Crippen molar-refractivity contribution in [2.45, 2.75) is 26.2 Å². The standard InChI is InChI=1S/C13H16ClN3S/c1-13(2,3)11-7-18-12(17-11)16-8-4-5-9(14)10(15)6-8/h4-7H,15H2,1-3H3,(H,16,17). The van der Waals surface area contributed by atoms with Crippen molar-refractivity contribution in [3.8, 4) is 0 Å². The molecule has 18 heavy (non-hydrogen) atoms. The molecule has 96 valence electrons. The van der Waals surface area contributed by atoms with E-state index in [1.165, 1.54) is 0 Å². The van der Waals surface area contributed by atoms with Crippen molar-refractivity contribution >= 4 is 39.4 Å². The Balaban J connectivity index is 2.19. The molecule has 0 saturated carbocycles. The average molecular weight is 282 g/mol. The average Bonchev–Trinajstić information content (AvgIpc) is 2.72. The third-order valence-corrected chi connectivity index (χ3v) is 3.62. The van der Waals surface area contributed by atoms with E-state index in [0.29, 0.717) is 10.7 Å². The number of aromatic nitrogens is 1. The smallest absolute Gasteiger partial charge is 0.187 e. The van der Waals surface area contributed by atoms with Gasteiger partial charge in [0.05, 0.1) is 16.4 Å². The van der Waals surface area contributed by atoms with Gasteiger partial charge in [0.2, 0.25) is 0 Å². The molecule has 1 heterocycles. The Labute approximate surface area is 116 Å². The number of hydrogen-bond donors (Lipinski definition) is 2. The van der Waals surface area contributed by atoms with Crippen LogP contribution in [0.25, 0.3) is 0 Å². The molecule has 3 nitrogen and oxygen atoms in total. The van der Waals surface area contributed by atoms with Crippen LogP contribution in [0.3, 0.4) is 0 Å². The summed E-state index contributed by atoms with van der Waals surface area (Å²) in [5.41, 5.74) is 8.36. The van der Waals surface area contributed by atoms with Crippen LogP contribution in [0, 0.1) is 0 Å². The first-order valence-electron chi connectivity index (χ1n) is 5.64. The van der Waals surface area contributed by atoms with E-state index in [4.69, 9.17) is 17.3 Å². The summed E-state index contributed by atoms with van der Waals surface area (Å²) in [5.74, 6) is 0. The molecule has 0 aliphatic rings. The third-order valence-electron chi connectivity index (χ3n) is 2.52. The lowest BCUT2D eigenvalue weighted by Crippen LogP contribution is -2.11. The highest BCUT2D eigenvalue weighted by molar-refractivity contribution is 7.13. The molecule has 0 saturated heterocycles. The number of nitrogens with one attached hydrogen (secondary N) is 1. The Kier molecular flexibility index (Phi) is 3.50. The fourth-order valence-electron chi connectivity index (χ4n) is 1.42. The second-order valence-corrected chi connectivity index (χ2v) is 6.41. The Bertz CT molecular complexity index is 558. The zero-order valence-corrected chi connectivity index (χ0v) is 12.2. The lowest BCUT2D eigenvalue weighted by Gasteiger charge is -2.14. The van der Waals surface area contributed by atoms with Crippen LogP contribution in [0.15, 0.2) is 23.6 Å². The third kappa shape index (κ3) is 2.94. The maximum absolute atomic E-state index is 5.88. The first-order valence-corrected chi connectivity index (χ1v) is 6.90. The summed E-state index contributed by atoms with van der Waals surface area (Å²) in [5, 5.41) is 6.73.